The number of rotatable bonds is 4. The number of halogens is 6. The van der Waals surface area contributed by atoms with Crippen LogP contribution in [0.2, 0.25) is 0 Å². The van der Waals surface area contributed by atoms with Gasteiger partial charge in [0.05, 0.1) is 17.5 Å². The molecule has 3 aromatic rings. The Kier molecular flexibility index (Phi) is 5.42. The highest BCUT2D eigenvalue weighted by molar-refractivity contribution is 5.93. The molecule has 0 atom stereocenters. The van der Waals surface area contributed by atoms with Gasteiger partial charge in [-0.25, -0.2) is 0 Å². The van der Waals surface area contributed by atoms with Gasteiger partial charge in [-0.2, -0.15) is 31.3 Å². The Morgan fingerprint density at radius 2 is 1.83 bits per heavy atom. The molecule has 0 aliphatic carbocycles. The predicted molar refractivity (Wildman–Crippen MR) is 97.8 cm³/mol. The van der Waals surface area contributed by atoms with Crippen LogP contribution in [0, 0.1) is 0 Å². The van der Waals surface area contributed by atoms with Gasteiger partial charge in [-0.1, -0.05) is 6.07 Å². The molecule has 0 saturated heterocycles. The number of nitrogens with zero attached hydrogens (tertiary/aromatic N) is 4. The largest absolute Gasteiger partial charge is 0.416 e. The lowest BCUT2D eigenvalue weighted by atomic mass is 9.98. The molecule has 12 heteroatoms. The predicted octanol–water partition coefficient (Wildman–Crippen LogP) is 3.98. The summed E-state index contributed by atoms with van der Waals surface area (Å²) in [6.07, 6.45) is -7.12. The Morgan fingerprint density at radius 3 is 2.47 bits per heavy atom. The molecule has 6 nitrogen and oxygen atoms in total. The summed E-state index contributed by atoms with van der Waals surface area (Å²) >= 11 is 0. The summed E-state index contributed by atoms with van der Waals surface area (Å²) in [5, 5.41) is 7.76. The van der Waals surface area contributed by atoms with E-state index in [-0.39, 0.29) is 28.6 Å². The van der Waals surface area contributed by atoms with Crippen molar-refractivity contribution in [2.45, 2.75) is 18.8 Å². The van der Waals surface area contributed by atoms with Crippen molar-refractivity contribution in [1.29, 1.82) is 0 Å². The summed E-state index contributed by atoms with van der Waals surface area (Å²) < 4.78 is 79.5. The lowest BCUT2D eigenvalue weighted by Crippen LogP contribution is -2.15. The van der Waals surface area contributed by atoms with Crippen LogP contribution in [-0.4, -0.2) is 26.6 Å². The van der Waals surface area contributed by atoms with Crippen LogP contribution >= 0.6 is 0 Å². The fraction of sp³-hybridized carbons (Fsp3) is 0.167. The average molecular weight is 428 g/mol. The fourth-order valence-electron chi connectivity index (χ4n) is 2.83. The van der Waals surface area contributed by atoms with Crippen molar-refractivity contribution in [2.75, 3.05) is 0 Å². The second-order valence-electron chi connectivity index (χ2n) is 6.17. The maximum Gasteiger partial charge on any atom is 0.416 e. The average Bonchev–Trinajstić information content (AvgIpc) is 3.10. The van der Waals surface area contributed by atoms with Gasteiger partial charge >= 0.3 is 12.4 Å². The minimum atomic E-state index is -4.79. The molecule has 1 aromatic carbocycles. The maximum atomic E-state index is 13.0. The van der Waals surface area contributed by atoms with E-state index in [1.807, 2.05) is 0 Å². The summed E-state index contributed by atoms with van der Waals surface area (Å²) in [4.78, 5) is 4.00. The Hall–Kier alpha value is -3.57. The van der Waals surface area contributed by atoms with Gasteiger partial charge in [0.15, 0.2) is 0 Å². The van der Waals surface area contributed by atoms with Crippen molar-refractivity contribution in [1.82, 2.24) is 14.6 Å². The van der Waals surface area contributed by atoms with Crippen LogP contribution < -0.4 is 11.5 Å². The number of hydrogen-bond donors (Lipinski definition) is 2. The second kappa shape index (κ2) is 7.69. The van der Waals surface area contributed by atoms with Crippen molar-refractivity contribution < 1.29 is 26.3 Å². The standard InChI is InChI=1S/C18H14F6N6/c19-17(20,21)9-10-8-11(18(22,23)24)3-4-12(10)15-13-2-1-7-30(13)16(29-28-15)27-14(26)5-6-25/h1-8H,9,25H2,(H2,26,27,29)/b6-5-. The first-order valence-corrected chi connectivity index (χ1v) is 8.33. The van der Waals surface area contributed by atoms with Gasteiger partial charge in [0, 0.05) is 11.8 Å². The molecule has 0 fully saturated rings. The van der Waals surface area contributed by atoms with Crippen LogP contribution in [0.4, 0.5) is 32.3 Å². The number of benzene rings is 1. The third-order valence-corrected chi connectivity index (χ3v) is 4.02. The summed E-state index contributed by atoms with van der Waals surface area (Å²) in [7, 11) is 0. The number of alkyl halides is 6. The molecule has 158 valence electrons. The van der Waals surface area contributed by atoms with E-state index in [9.17, 15) is 26.3 Å². The lowest BCUT2D eigenvalue weighted by Gasteiger charge is -2.15. The number of fused-ring (bicyclic) bond motifs is 1. The highest BCUT2D eigenvalue weighted by Gasteiger charge is 2.34. The Balaban J connectivity index is 2.20. The van der Waals surface area contributed by atoms with Crippen molar-refractivity contribution in [3.63, 3.8) is 0 Å². The first-order valence-electron chi connectivity index (χ1n) is 8.33. The van der Waals surface area contributed by atoms with Crippen LogP contribution in [0.5, 0.6) is 0 Å². The van der Waals surface area contributed by atoms with Gasteiger partial charge in [-0.3, -0.25) is 4.40 Å². The van der Waals surface area contributed by atoms with Crippen molar-refractivity contribution in [3.05, 3.63) is 59.9 Å². The van der Waals surface area contributed by atoms with E-state index in [2.05, 4.69) is 15.2 Å². The van der Waals surface area contributed by atoms with E-state index >= 15 is 0 Å². The second-order valence-corrected chi connectivity index (χ2v) is 6.17. The molecule has 0 unspecified atom stereocenters. The molecule has 0 aliphatic heterocycles. The highest BCUT2D eigenvalue weighted by atomic mass is 19.4. The van der Waals surface area contributed by atoms with Crippen molar-refractivity contribution in [2.24, 2.45) is 16.5 Å². The van der Waals surface area contributed by atoms with Gasteiger partial charge in [-0.05, 0) is 42.1 Å². The van der Waals surface area contributed by atoms with E-state index in [4.69, 9.17) is 11.5 Å². The van der Waals surface area contributed by atoms with Crippen molar-refractivity contribution in [3.8, 4) is 11.3 Å². The number of hydrogen-bond acceptors (Lipinski definition) is 4. The zero-order valence-electron chi connectivity index (χ0n) is 15.0. The van der Waals surface area contributed by atoms with E-state index in [1.165, 1.54) is 22.7 Å². The number of amidine groups is 1. The van der Waals surface area contributed by atoms with Gasteiger partial charge < -0.3 is 11.5 Å². The van der Waals surface area contributed by atoms with Crippen LogP contribution in [0.3, 0.4) is 0 Å². The van der Waals surface area contributed by atoms with Crippen LogP contribution in [-0.2, 0) is 12.6 Å². The molecular weight excluding hydrogens is 414 g/mol. The van der Waals surface area contributed by atoms with E-state index in [1.54, 1.807) is 6.07 Å². The quantitative estimate of drug-likeness (QED) is 0.373. The summed E-state index contributed by atoms with van der Waals surface area (Å²) in [5.74, 6) is 0.0143. The zero-order chi connectivity index (χ0) is 22.1. The first-order chi connectivity index (χ1) is 14.0. The highest BCUT2D eigenvalue weighted by Crippen LogP contribution is 2.36. The van der Waals surface area contributed by atoms with Gasteiger partial charge in [0.2, 0.25) is 0 Å². The minimum absolute atomic E-state index is 0.00170. The smallest absolute Gasteiger partial charge is 0.404 e. The number of aromatic nitrogens is 3. The van der Waals surface area contributed by atoms with E-state index in [0.29, 0.717) is 12.1 Å². The van der Waals surface area contributed by atoms with Crippen molar-refractivity contribution >= 4 is 17.3 Å². The zero-order valence-corrected chi connectivity index (χ0v) is 15.0. The molecule has 3 rings (SSSR count). The molecule has 0 bridgehead atoms. The normalized spacial score (nSPS) is 13.5. The molecule has 0 amide bonds. The molecule has 30 heavy (non-hydrogen) atoms. The molecule has 4 N–H and O–H groups in total. The molecule has 0 saturated carbocycles. The van der Waals surface area contributed by atoms with Gasteiger partial charge in [0.1, 0.15) is 11.5 Å². The van der Waals surface area contributed by atoms with Crippen LogP contribution in [0.1, 0.15) is 11.1 Å². The number of aliphatic imine (C=N–C) groups is 1. The SMILES string of the molecule is N/C=C\C(N)=Nc1nnc(-c2ccc(C(F)(F)F)cc2CC(F)(F)F)c2cccn12. The van der Waals surface area contributed by atoms with E-state index < -0.39 is 29.9 Å². The Morgan fingerprint density at radius 1 is 1.10 bits per heavy atom. The summed E-state index contributed by atoms with van der Waals surface area (Å²) in [5.41, 5.74) is 9.25. The summed E-state index contributed by atoms with van der Waals surface area (Å²) in [6.45, 7) is 0. The molecule has 2 heterocycles. The van der Waals surface area contributed by atoms with Crippen LogP contribution in [0.25, 0.3) is 16.8 Å². The Labute approximate surface area is 165 Å². The molecule has 0 aliphatic rings. The monoisotopic (exact) mass is 428 g/mol. The third kappa shape index (κ3) is 4.53. The third-order valence-electron chi connectivity index (χ3n) is 4.02. The molecule has 2 aromatic heterocycles. The minimum Gasteiger partial charge on any atom is -0.404 e. The Bertz CT molecular complexity index is 1130. The van der Waals surface area contributed by atoms with Gasteiger partial charge in [0.25, 0.3) is 5.95 Å². The number of nitrogens with two attached hydrogens (primary N) is 2. The lowest BCUT2D eigenvalue weighted by molar-refractivity contribution is -0.138. The van der Waals surface area contributed by atoms with Crippen LogP contribution in [0.15, 0.2) is 53.8 Å². The van der Waals surface area contributed by atoms with Gasteiger partial charge in [-0.15, -0.1) is 10.2 Å². The molecule has 0 radical (unpaired) electrons. The van der Waals surface area contributed by atoms with E-state index in [0.717, 1.165) is 12.3 Å². The molecule has 0 spiro atoms. The maximum absolute atomic E-state index is 13.0. The fourth-order valence-corrected chi connectivity index (χ4v) is 2.83. The molecular formula is C18H14F6N6. The summed E-state index contributed by atoms with van der Waals surface area (Å²) in [6, 6.07) is 5.21. The first kappa shape index (κ1) is 21.1. The topological polar surface area (TPSA) is 94.6 Å².